The SMILES string of the molecule is CO[Si](C)(CCCC1COC1)OC. The van der Waals surface area contributed by atoms with Crippen LogP contribution in [0.4, 0.5) is 0 Å². The summed E-state index contributed by atoms with van der Waals surface area (Å²) in [4.78, 5) is 0. The second-order valence-corrected chi connectivity index (χ2v) is 7.42. The Morgan fingerprint density at radius 3 is 2.31 bits per heavy atom. The summed E-state index contributed by atoms with van der Waals surface area (Å²) in [6.07, 6.45) is 2.47. The fourth-order valence-electron chi connectivity index (χ4n) is 1.45. The summed E-state index contributed by atoms with van der Waals surface area (Å²) in [5.41, 5.74) is 0. The molecule has 0 atom stereocenters. The zero-order valence-corrected chi connectivity index (χ0v) is 9.84. The van der Waals surface area contributed by atoms with Gasteiger partial charge in [-0.25, -0.2) is 0 Å². The topological polar surface area (TPSA) is 27.7 Å². The summed E-state index contributed by atoms with van der Waals surface area (Å²) in [6.45, 7) is 4.03. The van der Waals surface area contributed by atoms with Crippen LogP contribution < -0.4 is 0 Å². The van der Waals surface area contributed by atoms with Crippen LogP contribution in [-0.4, -0.2) is 36.0 Å². The van der Waals surface area contributed by atoms with E-state index in [0.717, 1.165) is 25.2 Å². The fraction of sp³-hybridized carbons (Fsp3) is 1.00. The van der Waals surface area contributed by atoms with E-state index in [1.54, 1.807) is 14.2 Å². The van der Waals surface area contributed by atoms with E-state index in [4.69, 9.17) is 13.6 Å². The number of ether oxygens (including phenoxy) is 1. The molecule has 0 aliphatic carbocycles. The molecule has 0 bridgehead atoms. The molecule has 1 rings (SSSR count). The van der Waals surface area contributed by atoms with Crippen molar-refractivity contribution in [2.45, 2.75) is 25.4 Å². The lowest BCUT2D eigenvalue weighted by Crippen LogP contribution is -2.36. The maximum Gasteiger partial charge on any atom is 0.334 e. The molecular formula is C9H20O3Si. The van der Waals surface area contributed by atoms with Gasteiger partial charge in [0.05, 0.1) is 13.2 Å². The highest BCUT2D eigenvalue weighted by molar-refractivity contribution is 6.65. The molecule has 1 aliphatic rings. The zero-order chi connectivity index (χ0) is 9.73. The first-order chi connectivity index (χ1) is 6.20. The smallest absolute Gasteiger partial charge is 0.334 e. The van der Waals surface area contributed by atoms with Crippen LogP contribution >= 0.6 is 0 Å². The van der Waals surface area contributed by atoms with Crippen LogP contribution in [0.25, 0.3) is 0 Å². The van der Waals surface area contributed by atoms with Gasteiger partial charge >= 0.3 is 8.56 Å². The molecule has 13 heavy (non-hydrogen) atoms. The first-order valence-electron chi connectivity index (χ1n) is 4.88. The third kappa shape index (κ3) is 3.38. The van der Waals surface area contributed by atoms with Crippen LogP contribution in [-0.2, 0) is 13.6 Å². The maximum absolute atomic E-state index is 5.41. The summed E-state index contributed by atoms with van der Waals surface area (Å²) >= 11 is 0. The molecule has 0 unspecified atom stereocenters. The Morgan fingerprint density at radius 2 is 1.92 bits per heavy atom. The van der Waals surface area contributed by atoms with Crippen molar-refractivity contribution in [3.05, 3.63) is 0 Å². The standard InChI is InChI=1S/C9H20O3Si/c1-10-13(3,11-2)6-4-5-9-7-12-8-9/h9H,4-8H2,1-3H3. The quantitative estimate of drug-likeness (QED) is 0.617. The molecule has 1 aliphatic heterocycles. The average molecular weight is 204 g/mol. The van der Waals surface area contributed by atoms with Crippen LogP contribution in [0.2, 0.25) is 12.6 Å². The molecular weight excluding hydrogens is 184 g/mol. The maximum atomic E-state index is 5.41. The van der Waals surface area contributed by atoms with Crippen molar-refractivity contribution in [3.63, 3.8) is 0 Å². The van der Waals surface area contributed by atoms with E-state index in [9.17, 15) is 0 Å². The summed E-state index contributed by atoms with van der Waals surface area (Å²) < 4.78 is 15.9. The monoisotopic (exact) mass is 204 g/mol. The van der Waals surface area contributed by atoms with Crippen LogP contribution in [0.1, 0.15) is 12.8 Å². The van der Waals surface area contributed by atoms with Gasteiger partial charge in [-0.05, 0) is 19.0 Å². The first kappa shape index (κ1) is 11.2. The Morgan fingerprint density at radius 1 is 1.31 bits per heavy atom. The second-order valence-electron chi connectivity index (χ2n) is 3.84. The molecule has 0 radical (unpaired) electrons. The van der Waals surface area contributed by atoms with Crippen molar-refractivity contribution in [1.29, 1.82) is 0 Å². The van der Waals surface area contributed by atoms with Crippen molar-refractivity contribution in [2.24, 2.45) is 5.92 Å². The predicted molar refractivity (Wildman–Crippen MR) is 54.0 cm³/mol. The molecule has 0 aromatic carbocycles. The molecule has 0 amide bonds. The van der Waals surface area contributed by atoms with Gasteiger partial charge < -0.3 is 13.6 Å². The lowest BCUT2D eigenvalue weighted by Gasteiger charge is -2.28. The van der Waals surface area contributed by atoms with Gasteiger partial charge in [0, 0.05) is 20.1 Å². The summed E-state index contributed by atoms with van der Waals surface area (Å²) in [5, 5.41) is 0. The van der Waals surface area contributed by atoms with Crippen molar-refractivity contribution < 1.29 is 13.6 Å². The third-order valence-electron chi connectivity index (χ3n) is 2.81. The first-order valence-corrected chi connectivity index (χ1v) is 7.40. The molecule has 0 spiro atoms. The Kier molecular flexibility index (Phi) is 4.38. The lowest BCUT2D eigenvalue weighted by atomic mass is 10.0. The highest BCUT2D eigenvalue weighted by Crippen LogP contribution is 2.21. The number of rotatable bonds is 6. The van der Waals surface area contributed by atoms with Gasteiger partial charge in [-0.15, -0.1) is 0 Å². The number of hydrogen-bond acceptors (Lipinski definition) is 3. The Labute approximate surface area is 81.6 Å². The van der Waals surface area contributed by atoms with E-state index < -0.39 is 8.56 Å². The molecule has 1 fully saturated rings. The van der Waals surface area contributed by atoms with Gasteiger partial charge in [-0.2, -0.15) is 0 Å². The molecule has 0 aromatic heterocycles. The van der Waals surface area contributed by atoms with Crippen molar-refractivity contribution in [3.8, 4) is 0 Å². The molecule has 0 N–H and O–H groups in total. The van der Waals surface area contributed by atoms with Crippen LogP contribution in [0.3, 0.4) is 0 Å². The largest absolute Gasteiger partial charge is 0.398 e. The molecule has 0 saturated carbocycles. The van der Waals surface area contributed by atoms with Gasteiger partial charge in [-0.3, -0.25) is 0 Å². The molecule has 1 heterocycles. The van der Waals surface area contributed by atoms with Gasteiger partial charge in [0.2, 0.25) is 0 Å². The highest BCUT2D eigenvalue weighted by Gasteiger charge is 2.29. The van der Waals surface area contributed by atoms with Crippen molar-refractivity contribution in [2.75, 3.05) is 27.4 Å². The lowest BCUT2D eigenvalue weighted by molar-refractivity contribution is -0.0359. The van der Waals surface area contributed by atoms with E-state index in [1.807, 2.05) is 0 Å². The highest BCUT2D eigenvalue weighted by atomic mass is 28.4. The minimum atomic E-state index is -1.79. The summed E-state index contributed by atoms with van der Waals surface area (Å²) in [5.74, 6) is 0.798. The van der Waals surface area contributed by atoms with Gasteiger partial charge in [0.1, 0.15) is 0 Å². The summed E-state index contributed by atoms with van der Waals surface area (Å²) in [7, 11) is 1.71. The molecule has 1 saturated heterocycles. The van der Waals surface area contributed by atoms with E-state index in [1.165, 1.54) is 12.8 Å². The van der Waals surface area contributed by atoms with Crippen molar-refractivity contribution in [1.82, 2.24) is 0 Å². The van der Waals surface area contributed by atoms with Crippen LogP contribution in [0.15, 0.2) is 0 Å². The van der Waals surface area contributed by atoms with Crippen molar-refractivity contribution >= 4 is 8.56 Å². The minimum Gasteiger partial charge on any atom is -0.398 e. The molecule has 0 aromatic rings. The minimum absolute atomic E-state index is 0.798. The number of hydrogen-bond donors (Lipinski definition) is 0. The normalized spacial score (nSPS) is 18.7. The van der Waals surface area contributed by atoms with E-state index in [2.05, 4.69) is 6.55 Å². The Bertz CT molecular complexity index is 144. The average Bonchev–Trinajstić information content (AvgIpc) is 2.09. The molecule has 3 nitrogen and oxygen atoms in total. The summed E-state index contributed by atoms with van der Waals surface area (Å²) in [6, 6.07) is 1.09. The molecule has 78 valence electrons. The third-order valence-corrected chi connectivity index (χ3v) is 5.80. The van der Waals surface area contributed by atoms with E-state index >= 15 is 0 Å². The Hall–Kier alpha value is 0.0969. The predicted octanol–water partition coefficient (Wildman–Crippen LogP) is 1.78. The molecule has 4 heteroatoms. The Balaban J connectivity index is 2.08. The zero-order valence-electron chi connectivity index (χ0n) is 8.84. The van der Waals surface area contributed by atoms with E-state index in [-0.39, 0.29) is 0 Å². The fourth-order valence-corrected chi connectivity index (χ4v) is 2.87. The van der Waals surface area contributed by atoms with Crippen LogP contribution in [0.5, 0.6) is 0 Å². The van der Waals surface area contributed by atoms with Gasteiger partial charge in [-0.1, -0.05) is 6.42 Å². The van der Waals surface area contributed by atoms with Gasteiger partial charge in [0.15, 0.2) is 0 Å². The second kappa shape index (κ2) is 5.10. The van der Waals surface area contributed by atoms with Crippen LogP contribution in [0, 0.1) is 5.92 Å². The van der Waals surface area contributed by atoms with E-state index in [0.29, 0.717) is 0 Å². The van der Waals surface area contributed by atoms with Gasteiger partial charge in [0.25, 0.3) is 0 Å².